The third-order valence-corrected chi connectivity index (χ3v) is 4.40. The number of amides is 2. The van der Waals surface area contributed by atoms with Crippen molar-refractivity contribution in [2.75, 3.05) is 26.7 Å². The first-order valence-corrected chi connectivity index (χ1v) is 8.60. The summed E-state index contributed by atoms with van der Waals surface area (Å²) in [5.74, 6) is -0.290. The Morgan fingerprint density at radius 1 is 1.16 bits per heavy atom. The van der Waals surface area contributed by atoms with Gasteiger partial charge in [-0.3, -0.25) is 9.59 Å². The van der Waals surface area contributed by atoms with E-state index in [0.29, 0.717) is 23.7 Å². The fourth-order valence-electron chi connectivity index (χ4n) is 2.62. The summed E-state index contributed by atoms with van der Waals surface area (Å²) in [6, 6.07) is 7.22. The van der Waals surface area contributed by atoms with E-state index in [4.69, 9.17) is 11.6 Å². The first kappa shape index (κ1) is 19.0. The maximum absolute atomic E-state index is 12.7. The zero-order valence-electron chi connectivity index (χ0n) is 15.0. The molecule has 25 heavy (non-hydrogen) atoms. The lowest BCUT2D eigenvalue weighted by molar-refractivity contribution is -0.131. The second kappa shape index (κ2) is 8.16. The Hall–Kier alpha value is -2.34. The fraction of sp³-hybridized carbons (Fsp3) is 0.389. The SMILES string of the molecule is CCN(CC)C(=O)CN(C)C(=O)c1cnn(-c2ccc(Cl)cc2)c1C. The number of likely N-dealkylation sites (N-methyl/N-ethyl adjacent to an activating group) is 2. The molecule has 6 nitrogen and oxygen atoms in total. The zero-order valence-corrected chi connectivity index (χ0v) is 15.7. The first-order valence-electron chi connectivity index (χ1n) is 8.22. The van der Waals surface area contributed by atoms with Gasteiger partial charge in [0.25, 0.3) is 5.91 Å². The summed E-state index contributed by atoms with van der Waals surface area (Å²) in [6.45, 7) is 6.98. The van der Waals surface area contributed by atoms with E-state index in [1.807, 2.05) is 32.9 Å². The zero-order chi connectivity index (χ0) is 18.6. The standard InChI is InChI=1S/C18H23ClN4O2/c1-5-22(6-2)17(24)12-21(4)18(25)16-11-20-23(13(16)3)15-9-7-14(19)8-10-15/h7-11H,5-6,12H2,1-4H3. The Morgan fingerprint density at radius 3 is 2.32 bits per heavy atom. The van der Waals surface area contributed by atoms with Gasteiger partial charge in [0.1, 0.15) is 0 Å². The molecule has 0 saturated carbocycles. The van der Waals surface area contributed by atoms with Crippen molar-refractivity contribution in [3.05, 3.63) is 46.7 Å². The number of aromatic nitrogens is 2. The van der Waals surface area contributed by atoms with Crippen LogP contribution in [-0.4, -0.2) is 58.1 Å². The van der Waals surface area contributed by atoms with Gasteiger partial charge in [0, 0.05) is 25.2 Å². The van der Waals surface area contributed by atoms with Crippen LogP contribution >= 0.6 is 11.6 Å². The van der Waals surface area contributed by atoms with E-state index in [2.05, 4.69) is 5.10 Å². The second-order valence-corrected chi connectivity index (χ2v) is 6.20. The number of carbonyl (C=O) groups is 2. The molecule has 2 amide bonds. The Bertz CT molecular complexity index is 751. The van der Waals surface area contributed by atoms with Gasteiger partial charge in [0.05, 0.1) is 29.7 Å². The Morgan fingerprint density at radius 2 is 1.76 bits per heavy atom. The largest absolute Gasteiger partial charge is 0.342 e. The highest BCUT2D eigenvalue weighted by Crippen LogP contribution is 2.17. The van der Waals surface area contributed by atoms with E-state index in [0.717, 1.165) is 11.4 Å². The van der Waals surface area contributed by atoms with Gasteiger partial charge in [0.15, 0.2) is 0 Å². The molecule has 0 saturated heterocycles. The van der Waals surface area contributed by atoms with Crippen LogP contribution < -0.4 is 0 Å². The normalized spacial score (nSPS) is 10.6. The molecule has 0 aliphatic rings. The van der Waals surface area contributed by atoms with Crippen molar-refractivity contribution in [2.24, 2.45) is 0 Å². The number of hydrogen-bond donors (Lipinski definition) is 0. The molecule has 0 atom stereocenters. The van der Waals surface area contributed by atoms with Gasteiger partial charge in [-0.1, -0.05) is 11.6 Å². The van der Waals surface area contributed by atoms with Gasteiger partial charge in [-0.05, 0) is 45.0 Å². The van der Waals surface area contributed by atoms with Crippen LogP contribution in [0.5, 0.6) is 0 Å². The van der Waals surface area contributed by atoms with Gasteiger partial charge in [0.2, 0.25) is 5.91 Å². The molecule has 0 aliphatic heterocycles. The Balaban J connectivity index is 2.17. The van der Waals surface area contributed by atoms with Gasteiger partial charge in [-0.2, -0.15) is 5.10 Å². The topological polar surface area (TPSA) is 58.4 Å². The molecule has 1 aromatic heterocycles. The Kier molecular flexibility index (Phi) is 6.20. The van der Waals surface area contributed by atoms with Crippen molar-refractivity contribution in [3.8, 4) is 5.69 Å². The molecule has 2 aromatic rings. The van der Waals surface area contributed by atoms with E-state index < -0.39 is 0 Å². The van der Waals surface area contributed by atoms with Crippen molar-refractivity contribution in [2.45, 2.75) is 20.8 Å². The highest BCUT2D eigenvalue weighted by Gasteiger charge is 2.21. The lowest BCUT2D eigenvalue weighted by Gasteiger charge is -2.23. The average molecular weight is 363 g/mol. The molecule has 0 aliphatic carbocycles. The summed E-state index contributed by atoms with van der Waals surface area (Å²) in [7, 11) is 1.63. The van der Waals surface area contributed by atoms with Crippen molar-refractivity contribution < 1.29 is 9.59 Å². The number of hydrogen-bond acceptors (Lipinski definition) is 3. The fourth-order valence-corrected chi connectivity index (χ4v) is 2.74. The summed E-state index contributed by atoms with van der Waals surface area (Å²) in [4.78, 5) is 28.0. The van der Waals surface area contributed by atoms with Crippen LogP contribution in [0.2, 0.25) is 5.02 Å². The molecule has 2 rings (SSSR count). The molecule has 1 aromatic carbocycles. The number of carbonyl (C=O) groups excluding carboxylic acids is 2. The maximum Gasteiger partial charge on any atom is 0.257 e. The number of halogens is 1. The van der Waals surface area contributed by atoms with Crippen LogP contribution in [0, 0.1) is 6.92 Å². The highest BCUT2D eigenvalue weighted by molar-refractivity contribution is 6.30. The van der Waals surface area contributed by atoms with Gasteiger partial charge in [-0.15, -0.1) is 0 Å². The van der Waals surface area contributed by atoms with Crippen LogP contribution in [0.4, 0.5) is 0 Å². The van der Waals surface area contributed by atoms with E-state index >= 15 is 0 Å². The molecule has 1 heterocycles. The summed E-state index contributed by atoms with van der Waals surface area (Å²) >= 11 is 5.91. The van der Waals surface area contributed by atoms with Crippen LogP contribution in [0.3, 0.4) is 0 Å². The number of rotatable bonds is 6. The average Bonchev–Trinajstić information content (AvgIpc) is 2.97. The number of nitrogens with zero attached hydrogens (tertiary/aromatic N) is 4. The van der Waals surface area contributed by atoms with E-state index in [-0.39, 0.29) is 18.4 Å². The van der Waals surface area contributed by atoms with E-state index in [1.165, 1.54) is 11.1 Å². The van der Waals surface area contributed by atoms with Crippen LogP contribution in [0.25, 0.3) is 5.69 Å². The van der Waals surface area contributed by atoms with Gasteiger partial charge in [-0.25, -0.2) is 4.68 Å². The molecular weight excluding hydrogens is 340 g/mol. The second-order valence-electron chi connectivity index (χ2n) is 5.76. The number of benzene rings is 1. The smallest absolute Gasteiger partial charge is 0.257 e. The summed E-state index contributed by atoms with van der Waals surface area (Å²) in [5.41, 5.74) is 2.02. The maximum atomic E-state index is 12.7. The van der Waals surface area contributed by atoms with Crippen LogP contribution in [0.15, 0.2) is 30.5 Å². The monoisotopic (exact) mass is 362 g/mol. The molecular formula is C18H23ClN4O2. The summed E-state index contributed by atoms with van der Waals surface area (Å²) in [6.07, 6.45) is 1.53. The lowest BCUT2D eigenvalue weighted by Crippen LogP contribution is -2.41. The van der Waals surface area contributed by atoms with Crippen molar-refractivity contribution >= 4 is 23.4 Å². The van der Waals surface area contributed by atoms with E-state index in [9.17, 15) is 9.59 Å². The van der Waals surface area contributed by atoms with Crippen molar-refractivity contribution in [3.63, 3.8) is 0 Å². The Labute approximate surface area is 153 Å². The molecule has 0 radical (unpaired) electrons. The van der Waals surface area contributed by atoms with Crippen molar-refractivity contribution in [1.82, 2.24) is 19.6 Å². The van der Waals surface area contributed by atoms with Gasteiger partial charge < -0.3 is 9.80 Å². The van der Waals surface area contributed by atoms with Crippen LogP contribution in [-0.2, 0) is 4.79 Å². The minimum atomic E-state index is -0.224. The quantitative estimate of drug-likeness (QED) is 0.794. The predicted octanol–water partition coefficient (Wildman–Crippen LogP) is 2.77. The molecule has 0 fully saturated rings. The summed E-state index contributed by atoms with van der Waals surface area (Å²) < 4.78 is 1.68. The highest BCUT2D eigenvalue weighted by atomic mass is 35.5. The van der Waals surface area contributed by atoms with Gasteiger partial charge >= 0.3 is 0 Å². The lowest BCUT2D eigenvalue weighted by atomic mass is 10.2. The molecule has 0 unspecified atom stereocenters. The molecule has 0 N–H and O–H groups in total. The molecule has 134 valence electrons. The molecule has 0 spiro atoms. The molecule has 7 heteroatoms. The van der Waals surface area contributed by atoms with E-state index in [1.54, 1.807) is 28.8 Å². The third kappa shape index (κ3) is 4.20. The minimum absolute atomic E-state index is 0.0477. The summed E-state index contributed by atoms with van der Waals surface area (Å²) in [5, 5.41) is 4.93. The van der Waals surface area contributed by atoms with Crippen LogP contribution in [0.1, 0.15) is 29.9 Å². The van der Waals surface area contributed by atoms with Crippen molar-refractivity contribution in [1.29, 1.82) is 0 Å². The first-order chi connectivity index (χ1) is 11.9. The predicted molar refractivity (Wildman–Crippen MR) is 98.2 cm³/mol. The minimum Gasteiger partial charge on any atom is -0.342 e. The molecule has 0 bridgehead atoms. The third-order valence-electron chi connectivity index (χ3n) is 4.15.